The van der Waals surface area contributed by atoms with E-state index in [0.717, 1.165) is 5.56 Å². The molecule has 0 aliphatic carbocycles. The fraction of sp³-hybridized carbons (Fsp3) is 0.188. The molecule has 0 saturated carbocycles. The summed E-state index contributed by atoms with van der Waals surface area (Å²) in [6, 6.07) is 12.6. The molecule has 23 heavy (non-hydrogen) atoms. The zero-order valence-electron chi connectivity index (χ0n) is 12.7. The van der Waals surface area contributed by atoms with Gasteiger partial charge in [0.25, 0.3) is 0 Å². The maximum absolute atomic E-state index is 12.5. The molecule has 0 atom stereocenters. The minimum Gasteiger partial charge on any atom is -0.465 e. The number of nitrogens with zero attached hydrogens (tertiary/aromatic N) is 1. The van der Waals surface area contributed by atoms with Gasteiger partial charge in [0, 0.05) is 18.6 Å². The molecule has 0 aliphatic heterocycles. The lowest BCUT2D eigenvalue weighted by molar-refractivity contribution is 0.0600. The molecular formula is C16H16ClNO4S. The lowest BCUT2D eigenvalue weighted by atomic mass is 10.2. The van der Waals surface area contributed by atoms with Crippen molar-refractivity contribution in [3.8, 4) is 0 Å². The van der Waals surface area contributed by atoms with Gasteiger partial charge in [0.05, 0.1) is 17.6 Å². The minimum atomic E-state index is -3.65. The van der Waals surface area contributed by atoms with Crippen LogP contribution < -0.4 is 0 Å². The summed E-state index contributed by atoms with van der Waals surface area (Å²) in [5.74, 6) is -0.511. The summed E-state index contributed by atoms with van der Waals surface area (Å²) in [5.41, 5.74) is 1.12. The second-order valence-electron chi connectivity index (χ2n) is 4.90. The average Bonchev–Trinajstić information content (AvgIpc) is 2.56. The molecule has 0 heterocycles. The van der Waals surface area contributed by atoms with Crippen molar-refractivity contribution in [3.63, 3.8) is 0 Å². The molecule has 0 radical (unpaired) electrons. The predicted molar refractivity (Wildman–Crippen MR) is 87.9 cm³/mol. The van der Waals surface area contributed by atoms with Gasteiger partial charge in [0.15, 0.2) is 0 Å². The molecule has 0 amide bonds. The Labute approximate surface area is 140 Å². The van der Waals surface area contributed by atoms with Gasteiger partial charge >= 0.3 is 5.97 Å². The largest absolute Gasteiger partial charge is 0.465 e. The van der Waals surface area contributed by atoms with E-state index in [-0.39, 0.29) is 11.4 Å². The van der Waals surface area contributed by atoms with E-state index in [0.29, 0.717) is 10.6 Å². The van der Waals surface area contributed by atoms with Crippen molar-refractivity contribution in [2.24, 2.45) is 0 Å². The van der Waals surface area contributed by atoms with Crippen molar-refractivity contribution in [2.75, 3.05) is 14.2 Å². The molecule has 0 aliphatic rings. The van der Waals surface area contributed by atoms with Crippen LogP contribution in [0.2, 0.25) is 5.02 Å². The van der Waals surface area contributed by atoms with Crippen molar-refractivity contribution in [2.45, 2.75) is 11.4 Å². The Hall–Kier alpha value is -1.89. The Kier molecular flexibility index (Phi) is 5.41. The van der Waals surface area contributed by atoms with Gasteiger partial charge in [-0.15, -0.1) is 0 Å². The standard InChI is InChI=1S/C16H16ClNO4S/c1-18(11-12-3-7-14(17)8-4-12)23(20,21)15-9-5-13(6-10-15)16(19)22-2/h3-10H,11H2,1-2H3. The molecule has 2 aromatic carbocycles. The SMILES string of the molecule is COC(=O)c1ccc(S(=O)(=O)N(C)Cc2ccc(Cl)cc2)cc1. The summed E-state index contributed by atoms with van der Waals surface area (Å²) in [6.07, 6.45) is 0. The van der Waals surface area contributed by atoms with Crippen LogP contribution in [0.5, 0.6) is 0 Å². The number of benzene rings is 2. The number of carbonyl (C=O) groups is 1. The summed E-state index contributed by atoms with van der Waals surface area (Å²) in [5, 5.41) is 0.595. The van der Waals surface area contributed by atoms with Crippen LogP contribution in [-0.2, 0) is 21.3 Å². The average molecular weight is 354 g/mol. The van der Waals surface area contributed by atoms with Crippen LogP contribution in [0.3, 0.4) is 0 Å². The summed E-state index contributed by atoms with van der Waals surface area (Å²) in [6.45, 7) is 0.220. The van der Waals surface area contributed by atoms with Crippen LogP contribution in [0.4, 0.5) is 0 Å². The number of methoxy groups -OCH3 is 1. The molecule has 0 unspecified atom stereocenters. The van der Waals surface area contributed by atoms with E-state index < -0.39 is 16.0 Å². The van der Waals surface area contributed by atoms with E-state index in [9.17, 15) is 13.2 Å². The molecule has 122 valence electrons. The molecule has 0 N–H and O–H groups in total. The topological polar surface area (TPSA) is 63.7 Å². The number of carbonyl (C=O) groups excluding carboxylic acids is 1. The first kappa shape index (κ1) is 17.5. The Morgan fingerprint density at radius 2 is 1.65 bits per heavy atom. The van der Waals surface area contributed by atoms with Gasteiger partial charge in [-0.2, -0.15) is 4.31 Å². The Bertz CT molecular complexity index is 786. The van der Waals surface area contributed by atoms with Gasteiger partial charge in [-0.05, 0) is 42.0 Å². The van der Waals surface area contributed by atoms with Crippen molar-refractivity contribution >= 4 is 27.6 Å². The number of esters is 1. The quantitative estimate of drug-likeness (QED) is 0.775. The number of hydrogen-bond donors (Lipinski definition) is 0. The highest BCUT2D eigenvalue weighted by atomic mass is 35.5. The third-order valence-corrected chi connectivity index (χ3v) is 5.37. The summed E-state index contributed by atoms with van der Waals surface area (Å²) >= 11 is 5.82. The first-order valence-corrected chi connectivity index (χ1v) is 8.55. The summed E-state index contributed by atoms with van der Waals surface area (Å²) < 4.78 is 30.9. The number of hydrogen-bond acceptors (Lipinski definition) is 4. The maximum atomic E-state index is 12.5. The number of sulfonamides is 1. The zero-order chi connectivity index (χ0) is 17.0. The molecule has 2 aromatic rings. The molecule has 7 heteroatoms. The van der Waals surface area contributed by atoms with E-state index >= 15 is 0 Å². The van der Waals surface area contributed by atoms with Crippen LogP contribution in [0.15, 0.2) is 53.4 Å². The first-order valence-electron chi connectivity index (χ1n) is 6.74. The first-order chi connectivity index (χ1) is 10.8. The van der Waals surface area contributed by atoms with Crippen LogP contribution in [0.1, 0.15) is 15.9 Å². The van der Waals surface area contributed by atoms with Crippen molar-refractivity contribution in [1.82, 2.24) is 4.31 Å². The predicted octanol–water partition coefficient (Wildman–Crippen LogP) is 2.95. The monoisotopic (exact) mass is 353 g/mol. The maximum Gasteiger partial charge on any atom is 0.337 e. The Morgan fingerprint density at radius 1 is 1.09 bits per heavy atom. The molecule has 0 aromatic heterocycles. The molecule has 0 bridgehead atoms. The highest BCUT2D eigenvalue weighted by Crippen LogP contribution is 2.18. The molecule has 0 fully saturated rings. The lowest BCUT2D eigenvalue weighted by Gasteiger charge is -2.17. The number of ether oxygens (including phenoxy) is 1. The van der Waals surface area contributed by atoms with Crippen LogP contribution in [0.25, 0.3) is 0 Å². The summed E-state index contributed by atoms with van der Waals surface area (Å²) in [7, 11) is -0.879. The molecule has 0 spiro atoms. The van der Waals surface area contributed by atoms with Gasteiger partial charge in [0.2, 0.25) is 10.0 Å². The van der Waals surface area contributed by atoms with E-state index in [1.807, 2.05) is 0 Å². The molecule has 2 rings (SSSR count). The smallest absolute Gasteiger partial charge is 0.337 e. The third kappa shape index (κ3) is 4.10. The second-order valence-corrected chi connectivity index (χ2v) is 7.38. The van der Waals surface area contributed by atoms with Crippen LogP contribution in [0, 0.1) is 0 Å². The van der Waals surface area contributed by atoms with Gasteiger partial charge in [-0.25, -0.2) is 13.2 Å². The van der Waals surface area contributed by atoms with Crippen molar-refractivity contribution in [3.05, 3.63) is 64.7 Å². The van der Waals surface area contributed by atoms with Crippen LogP contribution >= 0.6 is 11.6 Å². The number of halogens is 1. The van der Waals surface area contributed by atoms with Gasteiger partial charge in [0.1, 0.15) is 0 Å². The van der Waals surface area contributed by atoms with Gasteiger partial charge in [-0.3, -0.25) is 0 Å². The second kappa shape index (κ2) is 7.12. The minimum absolute atomic E-state index is 0.113. The molecule has 5 nitrogen and oxygen atoms in total. The highest BCUT2D eigenvalue weighted by Gasteiger charge is 2.21. The van der Waals surface area contributed by atoms with E-state index in [1.54, 1.807) is 24.3 Å². The van der Waals surface area contributed by atoms with Crippen molar-refractivity contribution < 1.29 is 17.9 Å². The summed E-state index contributed by atoms with van der Waals surface area (Å²) in [4.78, 5) is 11.5. The Balaban J connectivity index is 2.19. The van der Waals surface area contributed by atoms with E-state index in [4.69, 9.17) is 11.6 Å². The Morgan fingerprint density at radius 3 is 2.17 bits per heavy atom. The van der Waals surface area contributed by atoms with Gasteiger partial charge < -0.3 is 4.74 Å². The number of rotatable bonds is 5. The molecular weight excluding hydrogens is 338 g/mol. The normalized spacial score (nSPS) is 11.5. The van der Waals surface area contributed by atoms with E-state index in [2.05, 4.69) is 4.74 Å². The molecule has 0 saturated heterocycles. The fourth-order valence-electron chi connectivity index (χ4n) is 1.99. The van der Waals surface area contributed by atoms with Gasteiger partial charge in [-0.1, -0.05) is 23.7 Å². The highest BCUT2D eigenvalue weighted by molar-refractivity contribution is 7.89. The fourth-order valence-corrected chi connectivity index (χ4v) is 3.28. The lowest BCUT2D eigenvalue weighted by Crippen LogP contribution is -2.26. The van der Waals surface area contributed by atoms with Crippen molar-refractivity contribution in [1.29, 1.82) is 0 Å². The zero-order valence-corrected chi connectivity index (χ0v) is 14.3. The van der Waals surface area contributed by atoms with E-state index in [1.165, 1.54) is 42.7 Å². The third-order valence-electron chi connectivity index (χ3n) is 3.30. The van der Waals surface area contributed by atoms with Crippen LogP contribution in [-0.4, -0.2) is 32.8 Å².